The smallest absolute Gasteiger partial charge is 0.363 e. The molecule has 0 aliphatic carbocycles. The lowest BCUT2D eigenvalue weighted by molar-refractivity contribution is -0.129. The number of halogens is 1. The molecule has 3 rings (SSSR count). The maximum atomic E-state index is 11.9. The maximum Gasteiger partial charge on any atom is 0.363 e. The van der Waals surface area contributed by atoms with Crippen molar-refractivity contribution >= 4 is 40.5 Å². The molecule has 2 aromatic rings. The van der Waals surface area contributed by atoms with Crippen molar-refractivity contribution in [2.45, 2.75) is 6.92 Å². The van der Waals surface area contributed by atoms with Gasteiger partial charge in [-0.05, 0) is 65.4 Å². The van der Waals surface area contributed by atoms with Crippen molar-refractivity contribution in [2.75, 3.05) is 0 Å². The fourth-order valence-electron chi connectivity index (χ4n) is 1.95. The van der Waals surface area contributed by atoms with E-state index in [4.69, 9.17) is 4.74 Å². The normalized spacial score (nSPS) is 16.0. The second-order valence-corrected chi connectivity index (χ2v) is 6.00. The van der Waals surface area contributed by atoms with Crippen LogP contribution in [0.5, 0.6) is 0 Å². The number of carbonyl (C=O) groups is 1. The Bertz CT molecular complexity index is 743. The molecule has 0 spiro atoms. The molecule has 1 aliphatic rings. The van der Waals surface area contributed by atoms with E-state index >= 15 is 0 Å². The topological polar surface area (TPSA) is 38.7 Å². The number of rotatable bonds is 2. The summed E-state index contributed by atoms with van der Waals surface area (Å²) in [6.07, 6.45) is 1.74. The van der Waals surface area contributed by atoms with Gasteiger partial charge in [0.15, 0.2) is 5.70 Å². The highest BCUT2D eigenvalue weighted by Gasteiger charge is 2.23. The first-order valence-electron chi connectivity index (χ1n) is 6.47. The Balaban J connectivity index is 1.91. The Hall–Kier alpha value is -1.95. The predicted molar refractivity (Wildman–Crippen MR) is 90.9 cm³/mol. The highest BCUT2D eigenvalue weighted by molar-refractivity contribution is 14.1. The average Bonchev–Trinajstić information content (AvgIpc) is 2.83. The van der Waals surface area contributed by atoms with E-state index in [0.29, 0.717) is 11.6 Å². The van der Waals surface area contributed by atoms with Gasteiger partial charge in [-0.15, -0.1) is 0 Å². The van der Waals surface area contributed by atoms with E-state index in [2.05, 4.69) is 27.6 Å². The summed E-state index contributed by atoms with van der Waals surface area (Å²) >= 11 is 2.24. The van der Waals surface area contributed by atoms with Gasteiger partial charge in [0.1, 0.15) is 0 Å². The quantitative estimate of drug-likeness (QED) is 0.443. The SMILES string of the molecule is Cc1ccc(C2=NC(=Cc3ccc(I)cc3)C(=O)O2)cc1. The minimum atomic E-state index is -0.413. The zero-order chi connectivity index (χ0) is 14.8. The number of ether oxygens (including phenoxy) is 1. The molecule has 0 amide bonds. The first kappa shape index (κ1) is 14.0. The van der Waals surface area contributed by atoms with E-state index in [-0.39, 0.29) is 0 Å². The van der Waals surface area contributed by atoms with E-state index in [9.17, 15) is 4.79 Å². The first-order valence-corrected chi connectivity index (χ1v) is 7.55. The summed E-state index contributed by atoms with van der Waals surface area (Å²) in [4.78, 5) is 16.2. The summed E-state index contributed by atoms with van der Waals surface area (Å²) in [5, 5.41) is 0. The van der Waals surface area contributed by atoms with Crippen molar-refractivity contribution in [1.29, 1.82) is 0 Å². The molecule has 0 unspecified atom stereocenters. The number of cyclic esters (lactones) is 1. The monoisotopic (exact) mass is 389 g/mol. The van der Waals surface area contributed by atoms with E-state index in [0.717, 1.165) is 20.3 Å². The van der Waals surface area contributed by atoms with Gasteiger partial charge in [0, 0.05) is 9.13 Å². The van der Waals surface area contributed by atoms with Crippen LogP contribution in [-0.4, -0.2) is 11.9 Å². The minimum Gasteiger partial charge on any atom is -0.402 e. The zero-order valence-electron chi connectivity index (χ0n) is 11.3. The van der Waals surface area contributed by atoms with Gasteiger partial charge in [-0.25, -0.2) is 9.79 Å². The van der Waals surface area contributed by atoms with Gasteiger partial charge in [0.2, 0.25) is 5.90 Å². The van der Waals surface area contributed by atoms with Crippen LogP contribution in [-0.2, 0) is 9.53 Å². The largest absolute Gasteiger partial charge is 0.402 e. The lowest BCUT2D eigenvalue weighted by atomic mass is 10.1. The molecule has 1 aliphatic heterocycles. The fourth-order valence-corrected chi connectivity index (χ4v) is 2.31. The van der Waals surface area contributed by atoms with Crippen LogP contribution in [0.1, 0.15) is 16.7 Å². The third-order valence-electron chi connectivity index (χ3n) is 3.09. The van der Waals surface area contributed by atoms with Crippen LogP contribution in [0.25, 0.3) is 6.08 Å². The molecule has 3 nitrogen and oxygen atoms in total. The predicted octanol–water partition coefficient (Wildman–Crippen LogP) is 3.94. The number of esters is 1. The number of nitrogens with zero attached hydrogens (tertiary/aromatic N) is 1. The number of aliphatic imine (C=N–C) groups is 1. The molecular weight excluding hydrogens is 377 g/mol. The van der Waals surface area contributed by atoms with Gasteiger partial charge in [-0.1, -0.05) is 29.8 Å². The van der Waals surface area contributed by atoms with Crippen LogP contribution >= 0.6 is 22.6 Å². The van der Waals surface area contributed by atoms with E-state index < -0.39 is 5.97 Å². The second-order valence-electron chi connectivity index (χ2n) is 4.75. The molecule has 0 saturated heterocycles. The molecule has 0 bridgehead atoms. The molecule has 0 saturated carbocycles. The number of carbonyl (C=O) groups excluding carboxylic acids is 1. The van der Waals surface area contributed by atoms with Crippen LogP contribution in [0, 0.1) is 10.5 Å². The highest BCUT2D eigenvalue weighted by Crippen LogP contribution is 2.19. The van der Waals surface area contributed by atoms with E-state index in [1.807, 2.05) is 55.5 Å². The number of benzene rings is 2. The van der Waals surface area contributed by atoms with E-state index in [1.54, 1.807) is 6.08 Å². The van der Waals surface area contributed by atoms with Crippen LogP contribution in [0.2, 0.25) is 0 Å². The summed E-state index contributed by atoms with van der Waals surface area (Å²) in [5.74, 6) is -0.0547. The Morgan fingerprint density at radius 1 is 1.05 bits per heavy atom. The molecule has 2 aromatic carbocycles. The summed E-state index contributed by atoms with van der Waals surface area (Å²) in [5.41, 5.74) is 3.21. The summed E-state index contributed by atoms with van der Waals surface area (Å²) < 4.78 is 6.38. The lowest BCUT2D eigenvalue weighted by Gasteiger charge is -1.99. The Kier molecular flexibility index (Phi) is 3.88. The fraction of sp³-hybridized carbons (Fsp3) is 0.0588. The van der Waals surface area contributed by atoms with Gasteiger partial charge < -0.3 is 4.74 Å². The van der Waals surface area contributed by atoms with Crippen molar-refractivity contribution in [3.8, 4) is 0 Å². The lowest BCUT2D eigenvalue weighted by Crippen LogP contribution is -2.05. The standard InChI is InChI=1S/C17H12INO2/c1-11-2-6-13(7-3-11)16-19-15(17(20)21-16)10-12-4-8-14(18)9-5-12/h2-10H,1H3. The third kappa shape index (κ3) is 3.21. The maximum absolute atomic E-state index is 11.9. The van der Waals surface area contributed by atoms with Crippen LogP contribution < -0.4 is 0 Å². The first-order chi connectivity index (χ1) is 10.1. The molecule has 0 N–H and O–H groups in total. The van der Waals surface area contributed by atoms with Crippen LogP contribution in [0.15, 0.2) is 59.2 Å². The van der Waals surface area contributed by atoms with Gasteiger partial charge in [0.25, 0.3) is 0 Å². The molecule has 4 heteroatoms. The number of aryl methyl sites for hydroxylation is 1. The second kappa shape index (κ2) is 5.81. The molecular formula is C17H12INO2. The van der Waals surface area contributed by atoms with Crippen LogP contribution in [0.4, 0.5) is 0 Å². The van der Waals surface area contributed by atoms with Crippen molar-refractivity contribution in [3.05, 3.63) is 74.5 Å². The van der Waals surface area contributed by atoms with Crippen LogP contribution in [0.3, 0.4) is 0 Å². The number of hydrogen-bond acceptors (Lipinski definition) is 3. The van der Waals surface area contributed by atoms with Crippen molar-refractivity contribution in [1.82, 2.24) is 0 Å². The van der Waals surface area contributed by atoms with Crippen molar-refractivity contribution < 1.29 is 9.53 Å². The molecule has 0 atom stereocenters. The molecule has 0 aromatic heterocycles. The zero-order valence-corrected chi connectivity index (χ0v) is 13.5. The van der Waals surface area contributed by atoms with E-state index in [1.165, 1.54) is 0 Å². The summed E-state index contributed by atoms with van der Waals surface area (Å²) in [6, 6.07) is 15.6. The number of hydrogen-bond donors (Lipinski definition) is 0. The van der Waals surface area contributed by atoms with Gasteiger partial charge in [-0.3, -0.25) is 0 Å². The molecule has 1 heterocycles. The van der Waals surface area contributed by atoms with Gasteiger partial charge in [-0.2, -0.15) is 0 Å². The minimum absolute atomic E-state index is 0.326. The molecule has 0 radical (unpaired) electrons. The average molecular weight is 389 g/mol. The van der Waals surface area contributed by atoms with Gasteiger partial charge in [0.05, 0.1) is 0 Å². The Morgan fingerprint density at radius 2 is 1.71 bits per heavy atom. The summed E-state index contributed by atoms with van der Waals surface area (Å²) in [7, 11) is 0. The third-order valence-corrected chi connectivity index (χ3v) is 3.81. The Labute approximate surface area is 136 Å². The summed E-state index contributed by atoms with van der Waals surface area (Å²) in [6.45, 7) is 2.01. The van der Waals surface area contributed by atoms with Crippen molar-refractivity contribution in [3.63, 3.8) is 0 Å². The molecule has 0 fully saturated rings. The van der Waals surface area contributed by atoms with Crippen molar-refractivity contribution in [2.24, 2.45) is 4.99 Å². The Morgan fingerprint density at radius 3 is 2.38 bits per heavy atom. The van der Waals surface area contributed by atoms with Gasteiger partial charge >= 0.3 is 5.97 Å². The molecule has 104 valence electrons. The molecule has 21 heavy (non-hydrogen) atoms. The highest BCUT2D eigenvalue weighted by atomic mass is 127.